The first-order valence-corrected chi connectivity index (χ1v) is 8.60. The fourth-order valence-corrected chi connectivity index (χ4v) is 3.32. The topological polar surface area (TPSA) is 50.2 Å². The molecule has 0 aliphatic carbocycles. The maximum absolute atomic E-state index is 12.4. The summed E-state index contributed by atoms with van der Waals surface area (Å²) in [7, 11) is 2.10. The van der Waals surface area contributed by atoms with E-state index in [-0.39, 0.29) is 11.9 Å². The van der Waals surface area contributed by atoms with Gasteiger partial charge in [0.2, 0.25) is 0 Å². The second kappa shape index (κ2) is 7.18. The van der Waals surface area contributed by atoms with Crippen molar-refractivity contribution in [1.29, 1.82) is 0 Å². The van der Waals surface area contributed by atoms with E-state index in [9.17, 15) is 4.79 Å². The zero-order valence-electron chi connectivity index (χ0n) is 14.7. The first-order chi connectivity index (χ1) is 11.5. The third-order valence-electron chi connectivity index (χ3n) is 4.61. The van der Waals surface area contributed by atoms with Crippen molar-refractivity contribution in [3.63, 3.8) is 0 Å². The summed E-state index contributed by atoms with van der Waals surface area (Å²) in [6.45, 7) is 6.84. The van der Waals surface area contributed by atoms with Crippen molar-refractivity contribution < 1.29 is 4.79 Å². The molecule has 1 saturated heterocycles. The maximum atomic E-state index is 12.4. The highest BCUT2D eigenvalue weighted by molar-refractivity contribution is 5.94. The minimum atomic E-state index is 0.0213. The molecule has 2 heterocycles. The van der Waals surface area contributed by atoms with Gasteiger partial charge in [0.25, 0.3) is 5.91 Å². The van der Waals surface area contributed by atoms with Gasteiger partial charge in [-0.2, -0.15) is 5.10 Å². The summed E-state index contributed by atoms with van der Waals surface area (Å²) >= 11 is 0. The molecule has 1 aliphatic heterocycles. The number of hydrogen-bond donors (Lipinski definition) is 1. The molecule has 5 nitrogen and oxygen atoms in total. The summed E-state index contributed by atoms with van der Waals surface area (Å²) in [6.07, 6.45) is 2.20. The Morgan fingerprint density at radius 2 is 2.04 bits per heavy atom. The molecule has 1 aromatic carbocycles. The molecule has 2 aromatic rings. The Hall–Kier alpha value is -2.14. The van der Waals surface area contributed by atoms with Crippen molar-refractivity contribution >= 4 is 5.91 Å². The lowest BCUT2D eigenvalue weighted by atomic mass is 10.1. The van der Waals surface area contributed by atoms with Gasteiger partial charge >= 0.3 is 0 Å². The zero-order chi connectivity index (χ0) is 17.1. The van der Waals surface area contributed by atoms with Gasteiger partial charge in [0.15, 0.2) is 0 Å². The number of benzene rings is 1. The van der Waals surface area contributed by atoms with Crippen LogP contribution in [0.3, 0.4) is 0 Å². The number of likely N-dealkylation sites (tertiary alicyclic amines) is 1. The summed E-state index contributed by atoms with van der Waals surface area (Å²) in [6, 6.07) is 10.2. The van der Waals surface area contributed by atoms with E-state index in [0.717, 1.165) is 55.0 Å². The van der Waals surface area contributed by atoms with Crippen LogP contribution in [0.15, 0.2) is 30.3 Å². The van der Waals surface area contributed by atoms with Gasteiger partial charge in [-0.1, -0.05) is 12.1 Å². The number of amides is 1. The molecule has 5 heteroatoms. The van der Waals surface area contributed by atoms with Gasteiger partial charge in [-0.15, -0.1) is 0 Å². The van der Waals surface area contributed by atoms with Crippen LogP contribution in [0.5, 0.6) is 0 Å². The molecule has 0 saturated carbocycles. The third kappa shape index (κ3) is 4.03. The second-order valence-electron chi connectivity index (χ2n) is 6.86. The van der Waals surface area contributed by atoms with Gasteiger partial charge in [-0.05, 0) is 64.0 Å². The molecular formula is C19H26N4O. The summed E-state index contributed by atoms with van der Waals surface area (Å²) in [5, 5.41) is 7.63. The van der Waals surface area contributed by atoms with E-state index in [4.69, 9.17) is 0 Å². The third-order valence-corrected chi connectivity index (χ3v) is 4.61. The van der Waals surface area contributed by atoms with Gasteiger partial charge in [-0.25, -0.2) is 0 Å². The van der Waals surface area contributed by atoms with Crippen molar-refractivity contribution in [3.05, 3.63) is 52.8 Å². The molecule has 0 bridgehead atoms. The van der Waals surface area contributed by atoms with Crippen molar-refractivity contribution in [2.45, 2.75) is 39.3 Å². The van der Waals surface area contributed by atoms with Crippen LogP contribution in [0.2, 0.25) is 0 Å². The lowest BCUT2D eigenvalue weighted by Crippen LogP contribution is -2.46. The van der Waals surface area contributed by atoms with Crippen LogP contribution in [-0.4, -0.2) is 46.8 Å². The largest absolute Gasteiger partial charge is 0.348 e. The first-order valence-electron chi connectivity index (χ1n) is 8.60. The van der Waals surface area contributed by atoms with Gasteiger partial charge in [-0.3, -0.25) is 9.48 Å². The second-order valence-corrected chi connectivity index (χ2v) is 6.86. The molecule has 1 fully saturated rings. The number of hydrogen-bond acceptors (Lipinski definition) is 3. The molecule has 128 valence electrons. The van der Waals surface area contributed by atoms with Crippen LogP contribution in [-0.2, 0) is 6.54 Å². The van der Waals surface area contributed by atoms with Crippen LogP contribution in [0.4, 0.5) is 0 Å². The zero-order valence-corrected chi connectivity index (χ0v) is 14.7. The normalized spacial score (nSPS) is 18.5. The molecule has 1 aliphatic rings. The number of nitrogens with one attached hydrogen (secondary N) is 1. The Labute approximate surface area is 143 Å². The summed E-state index contributed by atoms with van der Waals surface area (Å²) in [5.41, 5.74) is 4.05. The predicted molar refractivity (Wildman–Crippen MR) is 95.2 cm³/mol. The van der Waals surface area contributed by atoms with Crippen LogP contribution in [0.1, 0.15) is 40.2 Å². The Morgan fingerprint density at radius 3 is 2.67 bits per heavy atom. The Kier molecular flexibility index (Phi) is 5.00. The van der Waals surface area contributed by atoms with E-state index in [1.807, 2.05) is 35.9 Å². The maximum Gasteiger partial charge on any atom is 0.251 e. The number of aryl methyl sites for hydroxylation is 2. The van der Waals surface area contributed by atoms with Gasteiger partial charge in [0.1, 0.15) is 0 Å². The Bertz CT molecular complexity index is 705. The molecule has 3 rings (SSSR count). The quantitative estimate of drug-likeness (QED) is 0.938. The first kappa shape index (κ1) is 16.7. The fraction of sp³-hybridized carbons (Fsp3) is 0.474. The highest BCUT2D eigenvalue weighted by Crippen LogP contribution is 2.11. The van der Waals surface area contributed by atoms with Crippen molar-refractivity contribution in [1.82, 2.24) is 20.0 Å². The van der Waals surface area contributed by atoms with Crippen molar-refractivity contribution in [2.75, 3.05) is 20.1 Å². The highest BCUT2D eigenvalue weighted by atomic mass is 16.1. The van der Waals surface area contributed by atoms with E-state index in [0.29, 0.717) is 0 Å². The number of aromatic nitrogens is 2. The molecule has 24 heavy (non-hydrogen) atoms. The lowest BCUT2D eigenvalue weighted by Gasteiger charge is -2.30. The number of carbonyl (C=O) groups is 1. The lowest BCUT2D eigenvalue weighted by molar-refractivity contribution is 0.0912. The summed E-state index contributed by atoms with van der Waals surface area (Å²) < 4.78 is 1.99. The number of likely N-dealkylation sites (N-methyl/N-ethyl adjacent to an activating group) is 1. The Balaban J connectivity index is 1.61. The van der Waals surface area contributed by atoms with Gasteiger partial charge < -0.3 is 10.2 Å². The van der Waals surface area contributed by atoms with Gasteiger partial charge in [0, 0.05) is 23.8 Å². The number of nitrogens with zero attached hydrogens (tertiary/aromatic N) is 3. The van der Waals surface area contributed by atoms with Crippen LogP contribution in [0, 0.1) is 13.8 Å². The minimum Gasteiger partial charge on any atom is -0.348 e. The number of rotatable bonds is 4. The van der Waals surface area contributed by atoms with E-state index in [2.05, 4.69) is 35.4 Å². The summed E-state index contributed by atoms with van der Waals surface area (Å²) in [4.78, 5) is 14.7. The van der Waals surface area contributed by atoms with Crippen LogP contribution >= 0.6 is 0 Å². The molecule has 1 N–H and O–H groups in total. The average molecular weight is 326 g/mol. The average Bonchev–Trinajstić information content (AvgIpc) is 2.85. The SMILES string of the molecule is Cc1cc(C)n(Cc2ccc(C(=O)N[C@H]3CCCN(C)C3)cc2)n1. The molecule has 0 spiro atoms. The van der Waals surface area contributed by atoms with Crippen molar-refractivity contribution in [3.8, 4) is 0 Å². The van der Waals surface area contributed by atoms with Crippen molar-refractivity contribution in [2.24, 2.45) is 0 Å². The van der Waals surface area contributed by atoms with Crippen LogP contribution < -0.4 is 5.32 Å². The summed E-state index contributed by atoms with van der Waals surface area (Å²) in [5.74, 6) is 0.0213. The molecule has 1 atom stereocenters. The molecular weight excluding hydrogens is 300 g/mol. The smallest absolute Gasteiger partial charge is 0.251 e. The van der Waals surface area contributed by atoms with E-state index in [1.165, 1.54) is 0 Å². The fourth-order valence-electron chi connectivity index (χ4n) is 3.32. The Morgan fingerprint density at radius 1 is 1.29 bits per heavy atom. The van der Waals surface area contributed by atoms with Crippen LogP contribution in [0.25, 0.3) is 0 Å². The van der Waals surface area contributed by atoms with E-state index in [1.54, 1.807) is 0 Å². The molecule has 0 unspecified atom stereocenters. The van der Waals surface area contributed by atoms with E-state index >= 15 is 0 Å². The molecule has 1 amide bonds. The molecule has 0 radical (unpaired) electrons. The predicted octanol–water partition coefficient (Wildman–Crippen LogP) is 2.37. The van der Waals surface area contributed by atoms with Gasteiger partial charge in [0.05, 0.1) is 12.2 Å². The minimum absolute atomic E-state index is 0.0213. The van der Waals surface area contributed by atoms with E-state index < -0.39 is 0 Å². The monoisotopic (exact) mass is 326 g/mol. The molecule has 1 aromatic heterocycles. The number of carbonyl (C=O) groups excluding carboxylic acids is 1. The standard InChI is InChI=1S/C19H26N4O/c1-14-11-15(2)23(21-14)12-16-6-8-17(9-7-16)19(24)20-18-5-4-10-22(3)13-18/h6-9,11,18H,4-5,10,12-13H2,1-3H3,(H,20,24)/t18-/m0/s1. The number of piperidine rings is 1. The highest BCUT2D eigenvalue weighted by Gasteiger charge is 2.19.